The lowest BCUT2D eigenvalue weighted by atomic mass is 10.1. The molecule has 118 valence electrons. The van der Waals surface area contributed by atoms with E-state index in [1.807, 2.05) is 24.3 Å². The quantitative estimate of drug-likeness (QED) is 0.773. The molecule has 0 aliphatic carbocycles. The van der Waals surface area contributed by atoms with Crippen molar-refractivity contribution in [2.24, 2.45) is 0 Å². The van der Waals surface area contributed by atoms with Crippen molar-refractivity contribution in [1.29, 1.82) is 5.26 Å². The normalized spacial score (nSPS) is 15.4. The van der Waals surface area contributed by atoms with Crippen LogP contribution in [0.3, 0.4) is 0 Å². The molecule has 1 aromatic carbocycles. The van der Waals surface area contributed by atoms with Crippen LogP contribution >= 0.6 is 0 Å². The summed E-state index contributed by atoms with van der Waals surface area (Å²) in [7, 11) is 1.62. The summed E-state index contributed by atoms with van der Waals surface area (Å²) in [4.78, 5) is 16.1. The average Bonchev–Trinajstić information content (AvgIpc) is 2.56. The van der Waals surface area contributed by atoms with Gasteiger partial charge in [0.15, 0.2) is 0 Å². The zero-order valence-electron chi connectivity index (χ0n) is 12.9. The highest BCUT2D eigenvalue weighted by molar-refractivity contribution is 5.78. The highest BCUT2D eigenvalue weighted by atomic mass is 16.5. The number of carbonyl (C=O) groups excluding carboxylic acids is 1. The number of hydrogen-bond donors (Lipinski definition) is 1. The summed E-state index contributed by atoms with van der Waals surface area (Å²) in [6.07, 6.45) is 0. The zero-order valence-corrected chi connectivity index (χ0v) is 12.9. The third kappa shape index (κ3) is 4.45. The number of methoxy groups -OCH3 is 1. The minimum absolute atomic E-state index is 0.0305. The fourth-order valence-electron chi connectivity index (χ4n) is 2.54. The summed E-state index contributed by atoms with van der Waals surface area (Å²) in [5.74, 6) is 0.0305. The molecular formula is C16H22N4O2. The summed E-state index contributed by atoms with van der Waals surface area (Å²) in [5, 5.41) is 12.0. The molecule has 0 atom stereocenters. The summed E-state index contributed by atoms with van der Waals surface area (Å²) in [6.45, 7) is 4.77. The molecule has 1 aliphatic rings. The lowest BCUT2D eigenvalue weighted by Gasteiger charge is -2.36. The summed E-state index contributed by atoms with van der Waals surface area (Å²) < 4.78 is 4.91. The van der Waals surface area contributed by atoms with Crippen molar-refractivity contribution >= 4 is 11.6 Å². The predicted molar refractivity (Wildman–Crippen MR) is 84.7 cm³/mol. The molecule has 0 spiro atoms. The number of anilines is 1. The fraction of sp³-hybridized carbons (Fsp3) is 0.500. The van der Waals surface area contributed by atoms with Gasteiger partial charge in [0.05, 0.1) is 24.4 Å². The zero-order chi connectivity index (χ0) is 15.8. The maximum absolute atomic E-state index is 11.8. The summed E-state index contributed by atoms with van der Waals surface area (Å²) in [5.41, 5.74) is 1.68. The molecule has 1 N–H and O–H groups in total. The molecule has 1 amide bonds. The Morgan fingerprint density at radius 2 is 2.05 bits per heavy atom. The van der Waals surface area contributed by atoms with Crippen molar-refractivity contribution in [3.8, 4) is 6.07 Å². The molecule has 6 heteroatoms. The van der Waals surface area contributed by atoms with Crippen LogP contribution in [0.25, 0.3) is 0 Å². The summed E-state index contributed by atoms with van der Waals surface area (Å²) in [6, 6.07) is 9.88. The molecule has 0 aromatic heterocycles. The van der Waals surface area contributed by atoms with Gasteiger partial charge in [-0.3, -0.25) is 9.69 Å². The summed E-state index contributed by atoms with van der Waals surface area (Å²) >= 11 is 0. The molecule has 1 heterocycles. The number of hydrogen-bond acceptors (Lipinski definition) is 5. The maximum atomic E-state index is 11.8. The van der Waals surface area contributed by atoms with E-state index in [0.29, 0.717) is 25.3 Å². The molecule has 0 unspecified atom stereocenters. The number of nitriles is 1. The molecule has 1 aliphatic heterocycles. The number of amides is 1. The standard InChI is InChI=1S/C16H22N4O2/c1-22-11-6-18-16(21)13-19-7-9-20(10-8-19)15-5-3-2-4-14(15)12-17/h2-5H,6-11,13H2,1H3,(H,18,21). The second-order valence-electron chi connectivity index (χ2n) is 5.23. The molecule has 0 bridgehead atoms. The lowest BCUT2D eigenvalue weighted by Crippen LogP contribution is -2.49. The second kappa shape index (κ2) is 8.37. The van der Waals surface area contributed by atoms with Gasteiger partial charge in [0, 0.05) is 39.8 Å². The number of nitrogens with one attached hydrogen (secondary N) is 1. The highest BCUT2D eigenvalue weighted by Crippen LogP contribution is 2.20. The molecule has 1 aromatic rings. The van der Waals surface area contributed by atoms with Crippen LogP contribution in [0.4, 0.5) is 5.69 Å². The van der Waals surface area contributed by atoms with Gasteiger partial charge in [0.2, 0.25) is 5.91 Å². The Bertz CT molecular complexity index is 533. The SMILES string of the molecule is COCCNC(=O)CN1CCN(c2ccccc2C#N)CC1. The van der Waals surface area contributed by atoms with Gasteiger partial charge in [-0.1, -0.05) is 12.1 Å². The average molecular weight is 302 g/mol. The highest BCUT2D eigenvalue weighted by Gasteiger charge is 2.20. The van der Waals surface area contributed by atoms with Crippen LogP contribution in [0.1, 0.15) is 5.56 Å². The third-order valence-electron chi connectivity index (χ3n) is 3.73. The maximum Gasteiger partial charge on any atom is 0.234 e. The monoisotopic (exact) mass is 302 g/mol. The fourth-order valence-corrected chi connectivity index (χ4v) is 2.54. The Labute approximate surface area is 131 Å². The van der Waals surface area contributed by atoms with Crippen molar-refractivity contribution in [2.75, 3.05) is 57.9 Å². The van der Waals surface area contributed by atoms with Crippen molar-refractivity contribution in [3.05, 3.63) is 29.8 Å². The molecule has 1 fully saturated rings. The molecule has 0 radical (unpaired) electrons. The van der Waals surface area contributed by atoms with E-state index in [2.05, 4.69) is 21.2 Å². The third-order valence-corrected chi connectivity index (χ3v) is 3.73. The molecule has 6 nitrogen and oxygen atoms in total. The lowest BCUT2D eigenvalue weighted by molar-refractivity contribution is -0.122. The topological polar surface area (TPSA) is 68.6 Å². The van der Waals surface area contributed by atoms with E-state index >= 15 is 0 Å². The van der Waals surface area contributed by atoms with Crippen LogP contribution in [0.2, 0.25) is 0 Å². The van der Waals surface area contributed by atoms with Crippen molar-refractivity contribution in [2.45, 2.75) is 0 Å². The van der Waals surface area contributed by atoms with Gasteiger partial charge < -0.3 is 15.0 Å². The number of rotatable bonds is 6. The number of ether oxygens (including phenoxy) is 1. The minimum atomic E-state index is 0.0305. The van der Waals surface area contributed by atoms with E-state index in [1.165, 1.54) is 0 Å². The largest absolute Gasteiger partial charge is 0.383 e. The van der Waals surface area contributed by atoms with E-state index < -0.39 is 0 Å². The van der Waals surface area contributed by atoms with Crippen molar-refractivity contribution < 1.29 is 9.53 Å². The molecule has 0 saturated carbocycles. The predicted octanol–water partition coefficient (Wildman–Crippen LogP) is 0.443. The first-order valence-electron chi connectivity index (χ1n) is 7.46. The molecule has 22 heavy (non-hydrogen) atoms. The number of piperazine rings is 1. The number of carbonyl (C=O) groups is 1. The van der Waals surface area contributed by atoms with Crippen LogP contribution in [0, 0.1) is 11.3 Å². The van der Waals surface area contributed by atoms with Crippen LogP contribution in [0.5, 0.6) is 0 Å². The van der Waals surface area contributed by atoms with E-state index in [1.54, 1.807) is 7.11 Å². The van der Waals surface area contributed by atoms with Crippen LogP contribution in [-0.2, 0) is 9.53 Å². The molecular weight excluding hydrogens is 280 g/mol. The molecule has 2 rings (SSSR count). The Balaban J connectivity index is 1.81. The Hall–Kier alpha value is -2.10. The van der Waals surface area contributed by atoms with Gasteiger partial charge in [-0.05, 0) is 12.1 Å². The van der Waals surface area contributed by atoms with Gasteiger partial charge in [-0.2, -0.15) is 5.26 Å². The number of nitrogens with zero attached hydrogens (tertiary/aromatic N) is 3. The second-order valence-corrected chi connectivity index (χ2v) is 5.23. The minimum Gasteiger partial charge on any atom is -0.383 e. The first-order chi connectivity index (χ1) is 10.7. The Kier molecular flexibility index (Phi) is 6.19. The van der Waals surface area contributed by atoms with Gasteiger partial charge in [-0.25, -0.2) is 0 Å². The first kappa shape index (κ1) is 16.3. The Morgan fingerprint density at radius 3 is 2.73 bits per heavy atom. The van der Waals surface area contributed by atoms with E-state index in [-0.39, 0.29) is 5.91 Å². The van der Waals surface area contributed by atoms with Gasteiger partial charge in [0.1, 0.15) is 6.07 Å². The smallest absolute Gasteiger partial charge is 0.234 e. The molecule has 1 saturated heterocycles. The van der Waals surface area contributed by atoms with Crippen LogP contribution < -0.4 is 10.2 Å². The number of benzene rings is 1. The van der Waals surface area contributed by atoms with Crippen molar-refractivity contribution in [3.63, 3.8) is 0 Å². The van der Waals surface area contributed by atoms with Gasteiger partial charge >= 0.3 is 0 Å². The van der Waals surface area contributed by atoms with Crippen LogP contribution in [0.15, 0.2) is 24.3 Å². The van der Waals surface area contributed by atoms with Crippen molar-refractivity contribution in [1.82, 2.24) is 10.2 Å². The first-order valence-corrected chi connectivity index (χ1v) is 7.46. The van der Waals surface area contributed by atoms with E-state index in [0.717, 1.165) is 31.9 Å². The number of para-hydroxylation sites is 1. The van der Waals surface area contributed by atoms with Gasteiger partial charge in [-0.15, -0.1) is 0 Å². The van der Waals surface area contributed by atoms with E-state index in [4.69, 9.17) is 4.74 Å². The Morgan fingerprint density at radius 1 is 1.32 bits per heavy atom. The van der Waals surface area contributed by atoms with Crippen LogP contribution in [-0.4, -0.2) is 63.8 Å². The van der Waals surface area contributed by atoms with Gasteiger partial charge in [0.25, 0.3) is 0 Å². The van der Waals surface area contributed by atoms with E-state index in [9.17, 15) is 10.1 Å².